The van der Waals surface area contributed by atoms with E-state index in [1.165, 1.54) is 0 Å². The van der Waals surface area contributed by atoms with Gasteiger partial charge in [-0.05, 0) is 54.8 Å². The molecular weight excluding hydrogens is 498 g/mol. The van der Waals surface area contributed by atoms with E-state index in [1.807, 2.05) is 29.0 Å². The van der Waals surface area contributed by atoms with E-state index in [4.69, 9.17) is 16.3 Å². The molecule has 0 saturated carbocycles. The average Bonchev–Trinajstić information content (AvgIpc) is 3.58. The molecule has 9 heteroatoms. The molecule has 3 aromatic rings. The highest BCUT2D eigenvalue weighted by atomic mass is 35.5. The molecule has 0 bridgehead atoms. The number of fused-ring (bicyclic) bond motifs is 1. The molecule has 1 N–H and O–H groups in total. The van der Waals surface area contributed by atoms with E-state index in [0.717, 1.165) is 64.6 Å². The van der Waals surface area contributed by atoms with Crippen molar-refractivity contribution in [3.63, 3.8) is 0 Å². The monoisotopic (exact) mass is 523 g/mol. The van der Waals surface area contributed by atoms with Crippen molar-refractivity contribution in [3.05, 3.63) is 69.7 Å². The average molecular weight is 524 g/mol. The standard InChI is InChI=1S/C27H26ClN3O4S/c1-2-17-7-5-9-20-18(15-30(25(17)20)16-24(32)29-14-19-8-6-12-35-19)13-23-26(33)31(27(34)36-23)22-11-4-3-10-21(22)28/h3-5,7,9-11,13,15,19H,2,6,8,12,14,16H2,1H3,(H,29,32)/b23-13-/t19-/m1/s1. The normalized spacial score (nSPS) is 19.1. The van der Waals surface area contributed by atoms with E-state index >= 15 is 0 Å². The van der Waals surface area contributed by atoms with E-state index in [9.17, 15) is 14.4 Å². The van der Waals surface area contributed by atoms with Crippen molar-refractivity contribution in [1.29, 1.82) is 0 Å². The summed E-state index contributed by atoms with van der Waals surface area (Å²) in [5, 5.41) is 3.83. The number of carbonyl (C=O) groups excluding carboxylic acids is 3. The van der Waals surface area contributed by atoms with Crippen LogP contribution in [0.25, 0.3) is 17.0 Å². The molecule has 2 aliphatic heterocycles. The van der Waals surface area contributed by atoms with Crippen LogP contribution in [-0.4, -0.2) is 40.9 Å². The Morgan fingerprint density at radius 1 is 1.22 bits per heavy atom. The number of benzene rings is 2. The minimum absolute atomic E-state index is 0.0749. The summed E-state index contributed by atoms with van der Waals surface area (Å²) in [7, 11) is 0. The summed E-state index contributed by atoms with van der Waals surface area (Å²) in [6.07, 6.45) is 6.45. The Bertz CT molecular complexity index is 1380. The van der Waals surface area contributed by atoms with Crippen molar-refractivity contribution in [2.24, 2.45) is 0 Å². The zero-order chi connectivity index (χ0) is 25.2. The van der Waals surface area contributed by atoms with Gasteiger partial charge in [0.15, 0.2) is 0 Å². The summed E-state index contributed by atoms with van der Waals surface area (Å²) in [4.78, 5) is 40.1. The minimum Gasteiger partial charge on any atom is -0.376 e. The molecule has 2 fully saturated rings. The van der Waals surface area contributed by atoms with Crippen LogP contribution in [0.15, 0.2) is 53.6 Å². The molecule has 5 rings (SSSR count). The van der Waals surface area contributed by atoms with Crippen LogP contribution in [0.1, 0.15) is 30.9 Å². The third kappa shape index (κ3) is 4.81. The van der Waals surface area contributed by atoms with Crippen molar-refractivity contribution in [2.45, 2.75) is 38.8 Å². The Balaban J connectivity index is 1.45. The van der Waals surface area contributed by atoms with Gasteiger partial charge >= 0.3 is 0 Å². The molecule has 1 aromatic heterocycles. The Labute approximate surface area is 218 Å². The summed E-state index contributed by atoms with van der Waals surface area (Å²) >= 11 is 7.13. The number of ether oxygens (including phenoxy) is 1. The van der Waals surface area contributed by atoms with Crippen LogP contribution < -0.4 is 10.2 Å². The second-order valence-corrected chi connectivity index (χ2v) is 10.2. The van der Waals surface area contributed by atoms with Crippen LogP contribution in [0.5, 0.6) is 0 Å². The zero-order valence-electron chi connectivity index (χ0n) is 19.8. The van der Waals surface area contributed by atoms with Crippen molar-refractivity contribution < 1.29 is 19.1 Å². The van der Waals surface area contributed by atoms with Crippen molar-refractivity contribution in [2.75, 3.05) is 18.1 Å². The third-order valence-corrected chi connectivity index (χ3v) is 7.62. The van der Waals surface area contributed by atoms with Gasteiger partial charge < -0.3 is 14.6 Å². The summed E-state index contributed by atoms with van der Waals surface area (Å²) < 4.78 is 7.52. The van der Waals surface area contributed by atoms with Crippen LogP contribution in [0.3, 0.4) is 0 Å². The number of imide groups is 1. The number of carbonyl (C=O) groups is 3. The van der Waals surface area contributed by atoms with E-state index in [1.54, 1.807) is 30.3 Å². The van der Waals surface area contributed by atoms with Gasteiger partial charge in [0.25, 0.3) is 11.1 Å². The number of thioether (sulfide) groups is 1. The number of aromatic nitrogens is 1. The number of aryl methyl sites for hydroxylation is 1. The lowest BCUT2D eigenvalue weighted by Gasteiger charge is -2.13. The van der Waals surface area contributed by atoms with Gasteiger partial charge in [-0.2, -0.15) is 0 Å². The van der Waals surface area contributed by atoms with Gasteiger partial charge in [0.05, 0.1) is 27.2 Å². The molecule has 3 amide bonds. The van der Waals surface area contributed by atoms with E-state index in [-0.39, 0.29) is 18.6 Å². The Kier molecular flexibility index (Phi) is 7.18. The van der Waals surface area contributed by atoms with Gasteiger partial charge in [-0.15, -0.1) is 0 Å². The first-order valence-corrected chi connectivity index (χ1v) is 13.2. The maximum Gasteiger partial charge on any atom is 0.298 e. The largest absolute Gasteiger partial charge is 0.376 e. The molecule has 0 aliphatic carbocycles. The highest BCUT2D eigenvalue weighted by Crippen LogP contribution is 2.39. The molecule has 3 heterocycles. The topological polar surface area (TPSA) is 80.6 Å². The molecule has 36 heavy (non-hydrogen) atoms. The second kappa shape index (κ2) is 10.5. The van der Waals surface area contributed by atoms with Crippen molar-refractivity contribution in [3.8, 4) is 0 Å². The lowest BCUT2D eigenvalue weighted by molar-refractivity contribution is -0.122. The number of para-hydroxylation sites is 2. The SMILES string of the molecule is CCc1cccc2c(/C=C3\SC(=O)N(c4ccccc4Cl)C3=O)cn(CC(=O)NC[C@H]3CCCO3)c12. The van der Waals surface area contributed by atoms with Gasteiger partial charge in [0.1, 0.15) is 6.54 Å². The van der Waals surface area contributed by atoms with Gasteiger partial charge in [0, 0.05) is 30.3 Å². The van der Waals surface area contributed by atoms with Crippen molar-refractivity contribution >= 4 is 63.1 Å². The number of nitrogens with one attached hydrogen (secondary N) is 1. The molecule has 0 unspecified atom stereocenters. The number of nitrogens with zero attached hydrogens (tertiary/aromatic N) is 2. The van der Waals surface area contributed by atoms with Crippen molar-refractivity contribution in [1.82, 2.24) is 9.88 Å². The van der Waals surface area contributed by atoms with Gasteiger partial charge in [0.2, 0.25) is 5.91 Å². The summed E-state index contributed by atoms with van der Waals surface area (Å²) in [6, 6.07) is 12.8. The lowest BCUT2D eigenvalue weighted by Crippen LogP contribution is -2.34. The summed E-state index contributed by atoms with van der Waals surface area (Å²) in [6.45, 7) is 3.46. The van der Waals surface area contributed by atoms with E-state index < -0.39 is 11.1 Å². The fourth-order valence-corrected chi connectivity index (χ4v) is 5.73. The Hall–Kier alpha value is -3.07. The quantitative estimate of drug-likeness (QED) is 0.420. The fraction of sp³-hybridized carbons (Fsp3) is 0.296. The van der Waals surface area contributed by atoms with Gasteiger partial charge in [-0.3, -0.25) is 14.4 Å². The Morgan fingerprint density at radius 3 is 2.81 bits per heavy atom. The maximum atomic E-state index is 13.2. The molecule has 0 radical (unpaired) electrons. The molecule has 0 spiro atoms. The number of hydrogen-bond acceptors (Lipinski definition) is 5. The maximum absolute atomic E-state index is 13.2. The van der Waals surface area contributed by atoms with Crippen LogP contribution >= 0.6 is 23.4 Å². The van der Waals surface area contributed by atoms with Crippen LogP contribution in [-0.2, 0) is 27.3 Å². The molecule has 2 aromatic carbocycles. The predicted molar refractivity (Wildman–Crippen MR) is 143 cm³/mol. The number of hydrogen-bond donors (Lipinski definition) is 1. The number of anilines is 1. The summed E-state index contributed by atoms with van der Waals surface area (Å²) in [5.41, 5.74) is 3.19. The Morgan fingerprint density at radius 2 is 2.06 bits per heavy atom. The molecule has 7 nitrogen and oxygen atoms in total. The first kappa shape index (κ1) is 24.6. The van der Waals surface area contributed by atoms with Crippen LogP contribution in [0.2, 0.25) is 5.02 Å². The van der Waals surface area contributed by atoms with Crippen LogP contribution in [0, 0.1) is 0 Å². The van der Waals surface area contributed by atoms with Crippen LogP contribution in [0.4, 0.5) is 10.5 Å². The fourth-order valence-electron chi connectivity index (χ4n) is 4.68. The lowest BCUT2D eigenvalue weighted by atomic mass is 10.1. The molecule has 2 aliphatic rings. The van der Waals surface area contributed by atoms with E-state index in [0.29, 0.717) is 22.2 Å². The molecule has 2 saturated heterocycles. The van der Waals surface area contributed by atoms with Gasteiger partial charge in [-0.25, -0.2) is 4.90 Å². The second-order valence-electron chi connectivity index (χ2n) is 8.79. The summed E-state index contributed by atoms with van der Waals surface area (Å²) in [5.74, 6) is -0.515. The zero-order valence-corrected chi connectivity index (χ0v) is 21.4. The molecule has 186 valence electrons. The minimum atomic E-state index is -0.417. The first-order valence-electron chi connectivity index (χ1n) is 12.0. The first-order chi connectivity index (χ1) is 17.5. The third-order valence-electron chi connectivity index (χ3n) is 6.43. The predicted octanol–water partition coefficient (Wildman–Crippen LogP) is 5.39. The number of amides is 3. The van der Waals surface area contributed by atoms with Gasteiger partial charge in [-0.1, -0.05) is 48.9 Å². The molecular formula is C27H26ClN3O4S. The number of halogens is 1. The highest BCUT2D eigenvalue weighted by Gasteiger charge is 2.37. The smallest absolute Gasteiger partial charge is 0.298 e. The van der Waals surface area contributed by atoms with E-state index in [2.05, 4.69) is 12.2 Å². The molecule has 1 atom stereocenters. The number of rotatable bonds is 7. The highest BCUT2D eigenvalue weighted by molar-refractivity contribution is 8.19.